The molecule has 0 amide bonds. The average molecular weight is 196 g/mol. The van der Waals surface area contributed by atoms with Crippen LogP contribution in [-0.2, 0) is 4.74 Å². The Balaban J connectivity index is 4.91. The van der Waals surface area contributed by atoms with Crippen LogP contribution in [0.25, 0.3) is 0 Å². The molecule has 0 spiro atoms. The SMILES string of the molecule is CCC(=C\N)/C(C)=C/C(OC)=C(/C)N. The molecule has 0 aromatic rings. The smallest absolute Gasteiger partial charge is 0.137 e. The van der Waals surface area contributed by atoms with Gasteiger partial charge in [-0.2, -0.15) is 0 Å². The van der Waals surface area contributed by atoms with Crippen LogP contribution in [0.4, 0.5) is 0 Å². The van der Waals surface area contributed by atoms with Crippen molar-refractivity contribution in [1.82, 2.24) is 0 Å². The molecule has 80 valence electrons. The summed E-state index contributed by atoms with van der Waals surface area (Å²) in [7, 11) is 1.60. The van der Waals surface area contributed by atoms with E-state index in [4.69, 9.17) is 16.2 Å². The first-order valence-corrected chi connectivity index (χ1v) is 4.66. The van der Waals surface area contributed by atoms with E-state index >= 15 is 0 Å². The Kier molecular flexibility index (Phi) is 5.53. The first-order chi connectivity index (χ1) is 6.56. The maximum atomic E-state index is 5.64. The lowest BCUT2D eigenvalue weighted by Crippen LogP contribution is -1.99. The minimum Gasteiger partial charge on any atom is -0.495 e. The Bertz CT molecular complexity index is 271. The second kappa shape index (κ2) is 6.13. The van der Waals surface area contributed by atoms with Crippen molar-refractivity contribution in [2.45, 2.75) is 27.2 Å². The average Bonchev–Trinajstić information content (AvgIpc) is 2.15. The molecule has 0 saturated carbocycles. The van der Waals surface area contributed by atoms with E-state index in [1.54, 1.807) is 20.2 Å². The molecule has 0 unspecified atom stereocenters. The van der Waals surface area contributed by atoms with E-state index in [1.165, 1.54) is 0 Å². The molecule has 3 heteroatoms. The topological polar surface area (TPSA) is 61.3 Å². The Morgan fingerprint density at radius 1 is 1.36 bits per heavy atom. The highest BCUT2D eigenvalue weighted by molar-refractivity contribution is 5.34. The Morgan fingerprint density at radius 3 is 2.21 bits per heavy atom. The molecule has 0 heterocycles. The van der Waals surface area contributed by atoms with Crippen molar-refractivity contribution in [3.8, 4) is 0 Å². The van der Waals surface area contributed by atoms with Crippen LogP contribution in [0.2, 0.25) is 0 Å². The van der Waals surface area contributed by atoms with Crippen LogP contribution in [0.15, 0.2) is 34.9 Å². The van der Waals surface area contributed by atoms with Crippen LogP contribution in [0.1, 0.15) is 27.2 Å². The number of hydrogen-bond acceptors (Lipinski definition) is 3. The number of rotatable bonds is 4. The summed E-state index contributed by atoms with van der Waals surface area (Å²) in [4.78, 5) is 0. The molecule has 0 radical (unpaired) electrons. The summed E-state index contributed by atoms with van der Waals surface area (Å²) >= 11 is 0. The number of allylic oxidation sites excluding steroid dienone is 4. The summed E-state index contributed by atoms with van der Waals surface area (Å²) < 4.78 is 5.13. The minimum atomic E-state index is 0.666. The van der Waals surface area contributed by atoms with E-state index in [0.29, 0.717) is 11.5 Å². The van der Waals surface area contributed by atoms with Gasteiger partial charge in [0.1, 0.15) is 5.76 Å². The Labute approximate surface area is 86.1 Å². The zero-order chi connectivity index (χ0) is 11.1. The molecular weight excluding hydrogens is 176 g/mol. The molecule has 0 atom stereocenters. The van der Waals surface area contributed by atoms with Crippen LogP contribution in [-0.4, -0.2) is 7.11 Å². The Morgan fingerprint density at radius 2 is 1.93 bits per heavy atom. The summed E-state index contributed by atoms with van der Waals surface area (Å²) in [5.41, 5.74) is 14.0. The van der Waals surface area contributed by atoms with Gasteiger partial charge in [0.15, 0.2) is 0 Å². The van der Waals surface area contributed by atoms with Crippen LogP contribution in [0.3, 0.4) is 0 Å². The van der Waals surface area contributed by atoms with Gasteiger partial charge in [-0.15, -0.1) is 0 Å². The van der Waals surface area contributed by atoms with Gasteiger partial charge in [-0.1, -0.05) is 6.92 Å². The third-order valence-electron chi connectivity index (χ3n) is 2.04. The fourth-order valence-corrected chi connectivity index (χ4v) is 1.15. The maximum absolute atomic E-state index is 5.64. The van der Waals surface area contributed by atoms with Crippen molar-refractivity contribution in [2.75, 3.05) is 7.11 Å². The van der Waals surface area contributed by atoms with Crippen LogP contribution in [0.5, 0.6) is 0 Å². The maximum Gasteiger partial charge on any atom is 0.137 e. The first kappa shape index (κ1) is 12.6. The van der Waals surface area contributed by atoms with Gasteiger partial charge in [-0.25, -0.2) is 0 Å². The first-order valence-electron chi connectivity index (χ1n) is 4.66. The van der Waals surface area contributed by atoms with Crippen LogP contribution < -0.4 is 11.5 Å². The minimum absolute atomic E-state index is 0.666. The van der Waals surface area contributed by atoms with E-state index in [9.17, 15) is 0 Å². The highest BCUT2D eigenvalue weighted by Gasteiger charge is 2.00. The summed E-state index contributed by atoms with van der Waals surface area (Å²) in [6.07, 6.45) is 4.42. The predicted octanol–water partition coefficient (Wildman–Crippen LogP) is 2.02. The molecule has 0 aromatic carbocycles. The van der Waals surface area contributed by atoms with Crippen LogP contribution >= 0.6 is 0 Å². The van der Waals surface area contributed by atoms with E-state index in [2.05, 4.69) is 6.92 Å². The molecule has 14 heavy (non-hydrogen) atoms. The quantitative estimate of drug-likeness (QED) is 0.534. The largest absolute Gasteiger partial charge is 0.495 e. The number of hydrogen-bond donors (Lipinski definition) is 2. The zero-order valence-electron chi connectivity index (χ0n) is 9.42. The zero-order valence-corrected chi connectivity index (χ0v) is 9.42. The Hall–Kier alpha value is -1.38. The third-order valence-corrected chi connectivity index (χ3v) is 2.04. The normalized spacial score (nSPS) is 15.1. The van der Waals surface area contributed by atoms with Crippen molar-refractivity contribution in [1.29, 1.82) is 0 Å². The molecule has 0 saturated heterocycles. The number of methoxy groups -OCH3 is 1. The molecule has 3 nitrogen and oxygen atoms in total. The number of nitrogens with two attached hydrogens (primary N) is 2. The van der Waals surface area contributed by atoms with E-state index in [-0.39, 0.29) is 0 Å². The fraction of sp³-hybridized carbons (Fsp3) is 0.455. The molecule has 0 aliphatic heterocycles. The predicted molar refractivity (Wildman–Crippen MR) is 60.2 cm³/mol. The molecule has 0 fully saturated rings. The van der Waals surface area contributed by atoms with Gasteiger partial charge < -0.3 is 16.2 Å². The van der Waals surface area contributed by atoms with Gasteiger partial charge >= 0.3 is 0 Å². The number of ether oxygens (including phenoxy) is 1. The summed E-state index contributed by atoms with van der Waals surface area (Å²) in [5.74, 6) is 0.690. The molecular formula is C11H20N2O. The second-order valence-corrected chi connectivity index (χ2v) is 3.12. The monoisotopic (exact) mass is 196 g/mol. The highest BCUT2D eigenvalue weighted by Crippen LogP contribution is 2.15. The molecule has 0 aliphatic rings. The van der Waals surface area contributed by atoms with Crippen molar-refractivity contribution in [2.24, 2.45) is 11.5 Å². The van der Waals surface area contributed by atoms with Crippen molar-refractivity contribution >= 4 is 0 Å². The lowest BCUT2D eigenvalue weighted by molar-refractivity contribution is 0.301. The lowest BCUT2D eigenvalue weighted by atomic mass is 10.1. The van der Waals surface area contributed by atoms with Gasteiger partial charge in [0, 0.05) is 5.70 Å². The standard InChI is InChI=1S/C11H20N2O/c1-5-10(7-12)8(2)6-11(14-4)9(3)13/h6-7H,5,12-13H2,1-4H3/b8-6+,10-7+,11-9+. The van der Waals surface area contributed by atoms with Crippen LogP contribution in [0, 0.1) is 0 Å². The molecule has 4 N–H and O–H groups in total. The fourth-order valence-electron chi connectivity index (χ4n) is 1.15. The van der Waals surface area contributed by atoms with Gasteiger partial charge in [-0.05, 0) is 43.7 Å². The highest BCUT2D eigenvalue weighted by atomic mass is 16.5. The van der Waals surface area contributed by atoms with Crippen molar-refractivity contribution in [3.05, 3.63) is 34.9 Å². The van der Waals surface area contributed by atoms with Gasteiger partial charge in [0.25, 0.3) is 0 Å². The van der Waals surface area contributed by atoms with E-state index in [0.717, 1.165) is 17.6 Å². The van der Waals surface area contributed by atoms with Crippen molar-refractivity contribution in [3.63, 3.8) is 0 Å². The van der Waals surface area contributed by atoms with Gasteiger partial charge in [0.05, 0.1) is 7.11 Å². The summed E-state index contributed by atoms with van der Waals surface area (Å²) in [6.45, 7) is 5.85. The molecule has 0 bridgehead atoms. The molecule has 0 aromatic heterocycles. The molecule has 0 rings (SSSR count). The summed E-state index contributed by atoms with van der Waals surface area (Å²) in [6, 6.07) is 0. The third kappa shape index (κ3) is 3.56. The van der Waals surface area contributed by atoms with Gasteiger partial charge in [0.2, 0.25) is 0 Å². The van der Waals surface area contributed by atoms with Gasteiger partial charge in [-0.3, -0.25) is 0 Å². The van der Waals surface area contributed by atoms with E-state index in [1.807, 2.05) is 13.0 Å². The summed E-state index contributed by atoms with van der Waals surface area (Å²) in [5, 5.41) is 0. The molecule has 0 aliphatic carbocycles. The second-order valence-electron chi connectivity index (χ2n) is 3.12. The lowest BCUT2D eigenvalue weighted by Gasteiger charge is -2.07. The van der Waals surface area contributed by atoms with Crippen molar-refractivity contribution < 1.29 is 4.74 Å². The van der Waals surface area contributed by atoms with E-state index < -0.39 is 0 Å².